The van der Waals surface area contributed by atoms with Crippen molar-refractivity contribution in [2.75, 3.05) is 18.5 Å². The van der Waals surface area contributed by atoms with Crippen molar-refractivity contribution in [3.05, 3.63) is 33.9 Å². The predicted molar refractivity (Wildman–Crippen MR) is 69.9 cm³/mol. The van der Waals surface area contributed by atoms with Gasteiger partial charge in [0.15, 0.2) is 0 Å². The molecule has 1 atom stereocenters. The summed E-state index contributed by atoms with van der Waals surface area (Å²) in [6, 6.07) is 5.08. The quantitative estimate of drug-likeness (QED) is 0.659. The SMILES string of the molecule is Cc1cc(NCC2(C)CCCO2)ccc1[N+](=O)[O-]. The van der Waals surface area contributed by atoms with E-state index in [4.69, 9.17) is 4.74 Å². The van der Waals surface area contributed by atoms with Gasteiger partial charge in [-0.3, -0.25) is 10.1 Å². The summed E-state index contributed by atoms with van der Waals surface area (Å²) in [4.78, 5) is 10.4. The Bertz CT molecular complexity index is 454. The fourth-order valence-electron chi connectivity index (χ4n) is 2.24. The summed E-state index contributed by atoms with van der Waals surface area (Å²) < 4.78 is 5.68. The van der Waals surface area contributed by atoms with E-state index in [-0.39, 0.29) is 16.2 Å². The Morgan fingerprint density at radius 2 is 2.33 bits per heavy atom. The number of rotatable bonds is 4. The van der Waals surface area contributed by atoms with Crippen LogP contribution in [0, 0.1) is 17.0 Å². The number of benzene rings is 1. The van der Waals surface area contributed by atoms with Gasteiger partial charge in [-0.1, -0.05) is 0 Å². The van der Waals surface area contributed by atoms with Gasteiger partial charge in [0.05, 0.1) is 10.5 Å². The molecule has 1 fully saturated rings. The topological polar surface area (TPSA) is 64.4 Å². The highest BCUT2D eigenvalue weighted by molar-refractivity contribution is 5.53. The van der Waals surface area contributed by atoms with Gasteiger partial charge in [-0.25, -0.2) is 0 Å². The van der Waals surface area contributed by atoms with E-state index in [1.807, 2.05) is 0 Å². The number of hydrogen-bond donors (Lipinski definition) is 1. The van der Waals surface area contributed by atoms with Gasteiger partial charge < -0.3 is 10.1 Å². The van der Waals surface area contributed by atoms with E-state index in [9.17, 15) is 10.1 Å². The lowest BCUT2D eigenvalue weighted by Gasteiger charge is -2.24. The molecule has 0 amide bonds. The largest absolute Gasteiger partial charge is 0.382 e. The Morgan fingerprint density at radius 1 is 1.56 bits per heavy atom. The van der Waals surface area contributed by atoms with Crippen molar-refractivity contribution in [2.24, 2.45) is 0 Å². The summed E-state index contributed by atoms with van der Waals surface area (Å²) in [7, 11) is 0. The summed E-state index contributed by atoms with van der Waals surface area (Å²) in [6.45, 7) is 5.38. The van der Waals surface area contributed by atoms with Crippen LogP contribution in [-0.2, 0) is 4.74 Å². The second-order valence-corrected chi connectivity index (χ2v) is 5.01. The minimum Gasteiger partial charge on any atom is -0.382 e. The van der Waals surface area contributed by atoms with Crippen molar-refractivity contribution in [2.45, 2.75) is 32.3 Å². The van der Waals surface area contributed by atoms with Crippen LogP contribution in [0.4, 0.5) is 11.4 Å². The van der Waals surface area contributed by atoms with Gasteiger partial charge in [0.2, 0.25) is 0 Å². The molecule has 0 spiro atoms. The highest BCUT2D eigenvalue weighted by Gasteiger charge is 2.29. The fourth-order valence-corrected chi connectivity index (χ4v) is 2.24. The summed E-state index contributed by atoms with van der Waals surface area (Å²) in [6.07, 6.45) is 2.14. The number of hydrogen-bond acceptors (Lipinski definition) is 4. The molecular formula is C13H18N2O3. The predicted octanol–water partition coefficient (Wildman–Crippen LogP) is 2.88. The van der Waals surface area contributed by atoms with Crippen LogP contribution in [0.15, 0.2) is 18.2 Å². The molecule has 1 saturated heterocycles. The van der Waals surface area contributed by atoms with Gasteiger partial charge in [-0.05, 0) is 38.8 Å². The maximum atomic E-state index is 10.7. The normalized spacial score (nSPS) is 23.0. The van der Waals surface area contributed by atoms with Gasteiger partial charge in [0, 0.05) is 30.5 Å². The minimum absolute atomic E-state index is 0.115. The Kier molecular flexibility index (Phi) is 3.52. The lowest BCUT2D eigenvalue weighted by molar-refractivity contribution is -0.385. The molecule has 98 valence electrons. The smallest absolute Gasteiger partial charge is 0.272 e. The summed E-state index contributed by atoms with van der Waals surface area (Å²) in [5, 5.41) is 14.0. The first-order valence-electron chi connectivity index (χ1n) is 6.13. The number of nitrogens with zero attached hydrogens (tertiary/aromatic N) is 1. The second-order valence-electron chi connectivity index (χ2n) is 5.01. The molecule has 1 aliphatic heterocycles. The van der Waals surface area contributed by atoms with E-state index in [0.717, 1.165) is 31.7 Å². The molecule has 1 heterocycles. The molecular weight excluding hydrogens is 232 g/mol. The molecule has 18 heavy (non-hydrogen) atoms. The summed E-state index contributed by atoms with van der Waals surface area (Å²) >= 11 is 0. The van der Waals surface area contributed by atoms with Crippen LogP contribution >= 0.6 is 0 Å². The molecule has 0 bridgehead atoms. The first-order valence-corrected chi connectivity index (χ1v) is 6.13. The molecule has 1 unspecified atom stereocenters. The van der Waals surface area contributed by atoms with E-state index in [2.05, 4.69) is 12.2 Å². The highest BCUT2D eigenvalue weighted by atomic mass is 16.6. The summed E-state index contributed by atoms with van der Waals surface area (Å²) in [5.74, 6) is 0. The number of ether oxygens (including phenoxy) is 1. The number of nitrogens with one attached hydrogen (secondary N) is 1. The molecule has 0 aliphatic carbocycles. The average Bonchev–Trinajstić information content (AvgIpc) is 2.74. The number of nitro groups is 1. The zero-order valence-electron chi connectivity index (χ0n) is 10.7. The van der Waals surface area contributed by atoms with Crippen molar-refractivity contribution in [3.8, 4) is 0 Å². The molecule has 1 aromatic carbocycles. The first kappa shape index (κ1) is 12.8. The van der Waals surface area contributed by atoms with Crippen molar-refractivity contribution in [3.63, 3.8) is 0 Å². The molecule has 1 N–H and O–H groups in total. The summed E-state index contributed by atoms with van der Waals surface area (Å²) in [5.41, 5.74) is 1.61. The third-order valence-corrected chi connectivity index (χ3v) is 3.36. The maximum Gasteiger partial charge on any atom is 0.272 e. The Morgan fingerprint density at radius 3 is 2.89 bits per heavy atom. The van der Waals surface area contributed by atoms with Gasteiger partial charge in [0.25, 0.3) is 5.69 Å². The van der Waals surface area contributed by atoms with E-state index >= 15 is 0 Å². The molecule has 0 radical (unpaired) electrons. The Balaban J connectivity index is 2.02. The maximum absolute atomic E-state index is 10.7. The van der Waals surface area contributed by atoms with Gasteiger partial charge in [-0.15, -0.1) is 0 Å². The zero-order valence-corrected chi connectivity index (χ0v) is 10.7. The van der Waals surface area contributed by atoms with Crippen LogP contribution in [0.25, 0.3) is 0 Å². The number of aryl methyl sites for hydroxylation is 1. The molecule has 0 aromatic heterocycles. The van der Waals surface area contributed by atoms with E-state index in [1.165, 1.54) is 6.07 Å². The second kappa shape index (κ2) is 4.94. The van der Waals surface area contributed by atoms with E-state index < -0.39 is 0 Å². The fraction of sp³-hybridized carbons (Fsp3) is 0.538. The van der Waals surface area contributed by atoms with Crippen LogP contribution in [0.2, 0.25) is 0 Å². The van der Waals surface area contributed by atoms with Gasteiger partial charge in [0.1, 0.15) is 0 Å². The van der Waals surface area contributed by atoms with Crippen molar-refractivity contribution >= 4 is 11.4 Å². The van der Waals surface area contributed by atoms with Crippen molar-refractivity contribution in [1.82, 2.24) is 0 Å². The Labute approximate surface area is 106 Å². The Hall–Kier alpha value is -1.62. The van der Waals surface area contributed by atoms with Gasteiger partial charge >= 0.3 is 0 Å². The lowest BCUT2D eigenvalue weighted by atomic mass is 10.0. The molecule has 5 heteroatoms. The third kappa shape index (κ3) is 2.79. The molecule has 0 saturated carbocycles. The van der Waals surface area contributed by atoms with E-state index in [0.29, 0.717) is 5.56 Å². The third-order valence-electron chi connectivity index (χ3n) is 3.36. The number of nitro benzene ring substituents is 1. The van der Waals surface area contributed by atoms with Gasteiger partial charge in [-0.2, -0.15) is 0 Å². The van der Waals surface area contributed by atoms with Crippen LogP contribution in [0.1, 0.15) is 25.3 Å². The van der Waals surface area contributed by atoms with Crippen LogP contribution < -0.4 is 5.32 Å². The average molecular weight is 250 g/mol. The van der Waals surface area contributed by atoms with Crippen LogP contribution in [-0.4, -0.2) is 23.7 Å². The number of anilines is 1. The monoisotopic (exact) mass is 250 g/mol. The minimum atomic E-state index is -0.361. The molecule has 2 rings (SSSR count). The standard InChI is InChI=1S/C13H18N2O3/c1-10-8-11(4-5-12(10)15(16)17)14-9-13(2)6-3-7-18-13/h4-5,8,14H,3,6-7,9H2,1-2H3. The van der Waals surface area contributed by atoms with Crippen molar-refractivity contribution < 1.29 is 9.66 Å². The van der Waals surface area contributed by atoms with Crippen molar-refractivity contribution in [1.29, 1.82) is 0 Å². The van der Waals surface area contributed by atoms with E-state index in [1.54, 1.807) is 19.1 Å². The van der Waals surface area contributed by atoms with Crippen LogP contribution in [0.5, 0.6) is 0 Å². The lowest BCUT2D eigenvalue weighted by Crippen LogP contribution is -2.32. The first-order chi connectivity index (χ1) is 8.50. The van der Waals surface area contributed by atoms with Crippen LogP contribution in [0.3, 0.4) is 0 Å². The molecule has 1 aliphatic rings. The molecule has 1 aromatic rings. The molecule has 5 nitrogen and oxygen atoms in total. The zero-order chi connectivity index (χ0) is 13.2. The highest BCUT2D eigenvalue weighted by Crippen LogP contribution is 2.26.